The second-order valence-electron chi connectivity index (χ2n) is 6.45. The quantitative estimate of drug-likeness (QED) is 0.834. The molecule has 0 aromatic rings. The molecule has 0 bridgehead atoms. The van der Waals surface area contributed by atoms with Gasteiger partial charge in [0.05, 0.1) is 6.54 Å². The fourth-order valence-electron chi connectivity index (χ4n) is 2.31. The smallest absolute Gasteiger partial charge is 0.255 e. The zero-order valence-electron chi connectivity index (χ0n) is 12.4. The number of hydrogen-bond donors (Lipinski definition) is 2. The number of alkyl halides is 2. The molecule has 116 valence electrons. The van der Waals surface area contributed by atoms with E-state index in [9.17, 15) is 18.4 Å². The van der Waals surface area contributed by atoms with Gasteiger partial charge in [0.1, 0.15) is 5.54 Å². The zero-order chi connectivity index (χ0) is 15.4. The second-order valence-corrected chi connectivity index (χ2v) is 6.45. The Bertz CT molecular complexity index is 359. The van der Waals surface area contributed by atoms with Crippen molar-refractivity contribution in [3.63, 3.8) is 0 Å². The van der Waals surface area contributed by atoms with E-state index in [4.69, 9.17) is 0 Å². The summed E-state index contributed by atoms with van der Waals surface area (Å²) in [5.74, 6) is -0.721. The van der Waals surface area contributed by atoms with E-state index in [0.29, 0.717) is 12.8 Å². The SMILES string of the molecule is CC(C)(C)C(=O)NC1(C(=O)NCC(F)F)CCCCC1. The molecule has 1 rings (SSSR count). The first-order valence-corrected chi connectivity index (χ1v) is 7.06. The molecular formula is C14H24F2N2O2. The molecule has 0 aromatic carbocycles. The maximum absolute atomic E-state index is 12.2. The Morgan fingerprint density at radius 3 is 2.15 bits per heavy atom. The summed E-state index contributed by atoms with van der Waals surface area (Å²) in [6.45, 7) is 4.60. The van der Waals surface area contributed by atoms with Gasteiger partial charge in [-0.25, -0.2) is 8.78 Å². The Morgan fingerprint density at radius 1 is 1.15 bits per heavy atom. The molecule has 1 aliphatic rings. The summed E-state index contributed by atoms with van der Waals surface area (Å²) in [4.78, 5) is 24.4. The number of carbonyl (C=O) groups is 2. The van der Waals surface area contributed by atoms with Crippen molar-refractivity contribution in [2.75, 3.05) is 6.54 Å². The van der Waals surface area contributed by atoms with E-state index >= 15 is 0 Å². The minimum Gasteiger partial charge on any atom is -0.348 e. The van der Waals surface area contributed by atoms with E-state index in [0.717, 1.165) is 19.3 Å². The number of hydrogen-bond acceptors (Lipinski definition) is 2. The number of nitrogens with one attached hydrogen (secondary N) is 2. The van der Waals surface area contributed by atoms with Crippen LogP contribution < -0.4 is 10.6 Å². The van der Waals surface area contributed by atoms with Crippen LogP contribution in [0.5, 0.6) is 0 Å². The molecular weight excluding hydrogens is 266 g/mol. The van der Waals surface area contributed by atoms with Gasteiger partial charge in [-0.1, -0.05) is 40.0 Å². The summed E-state index contributed by atoms with van der Waals surface area (Å²) in [7, 11) is 0. The summed E-state index contributed by atoms with van der Waals surface area (Å²) in [5.41, 5.74) is -1.65. The summed E-state index contributed by atoms with van der Waals surface area (Å²) >= 11 is 0. The summed E-state index contributed by atoms with van der Waals surface area (Å²) in [6, 6.07) is 0. The van der Waals surface area contributed by atoms with Crippen molar-refractivity contribution in [1.29, 1.82) is 0 Å². The maximum atomic E-state index is 12.2. The molecule has 2 N–H and O–H groups in total. The van der Waals surface area contributed by atoms with Crippen molar-refractivity contribution in [2.45, 2.75) is 64.8 Å². The Hall–Kier alpha value is -1.20. The van der Waals surface area contributed by atoms with Crippen molar-refractivity contribution in [3.05, 3.63) is 0 Å². The molecule has 0 unspecified atom stereocenters. The predicted octanol–water partition coefficient (Wildman–Crippen LogP) is 2.23. The lowest BCUT2D eigenvalue weighted by Gasteiger charge is -2.38. The van der Waals surface area contributed by atoms with Crippen LogP contribution in [0.15, 0.2) is 0 Å². The van der Waals surface area contributed by atoms with Gasteiger partial charge in [-0.15, -0.1) is 0 Å². The molecule has 2 amide bonds. The van der Waals surface area contributed by atoms with Crippen LogP contribution in [0.3, 0.4) is 0 Å². The van der Waals surface area contributed by atoms with Gasteiger partial charge < -0.3 is 10.6 Å². The van der Waals surface area contributed by atoms with Gasteiger partial charge in [-0.2, -0.15) is 0 Å². The highest BCUT2D eigenvalue weighted by atomic mass is 19.3. The zero-order valence-corrected chi connectivity index (χ0v) is 12.4. The molecule has 6 heteroatoms. The van der Waals surface area contributed by atoms with Crippen LogP contribution in [-0.2, 0) is 9.59 Å². The van der Waals surface area contributed by atoms with Gasteiger partial charge in [0.25, 0.3) is 6.43 Å². The van der Waals surface area contributed by atoms with Gasteiger partial charge in [0, 0.05) is 5.41 Å². The minimum absolute atomic E-state index is 0.230. The van der Waals surface area contributed by atoms with Crippen molar-refractivity contribution < 1.29 is 18.4 Å². The molecule has 1 saturated carbocycles. The van der Waals surface area contributed by atoms with Crippen LogP contribution in [0.4, 0.5) is 8.78 Å². The minimum atomic E-state index is -2.59. The number of rotatable bonds is 4. The highest BCUT2D eigenvalue weighted by Crippen LogP contribution is 2.30. The average Bonchev–Trinajstić information content (AvgIpc) is 2.35. The van der Waals surface area contributed by atoms with E-state index in [-0.39, 0.29) is 5.91 Å². The largest absolute Gasteiger partial charge is 0.348 e. The number of halogens is 2. The van der Waals surface area contributed by atoms with E-state index in [2.05, 4.69) is 10.6 Å². The van der Waals surface area contributed by atoms with Crippen LogP contribution in [0.2, 0.25) is 0 Å². The standard InChI is InChI=1S/C14H24F2N2O2/c1-13(2,3)11(19)18-14(7-5-4-6-8-14)12(20)17-9-10(15)16/h10H,4-9H2,1-3H3,(H,17,20)(H,18,19). The van der Waals surface area contributed by atoms with Crippen LogP contribution in [0, 0.1) is 5.41 Å². The third-order valence-corrected chi connectivity index (χ3v) is 3.59. The third kappa shape index (κ3) is 4.42. The Kier molecular flexibility index (Phi) is 5.48. The van der Waals surface area contributed by atoms with E-state index in [1.165, 1.54) is 0 Å². The predicted molar refractivity (Wildman–Crippen MR) is 72.4 cm³/mol. The van der Waals surface area contributed by atoms with E-state index in [1.54, 1.807) is 20.8 Å². The average molecular weight is 290 g/mol. The molecule has 0 saturated heterocycles. The lowest BCUT2D eigenvalue weighted by Crippen LogP contribution is -2.61. The Balaban J connectivity index is 2.81. The topological polar surface area (TPSA) is 58.2 Å². The normalized spacial score (nSPS) is 18.7. The molecule has 1 aliphatic carbocycles. The Labute approximate surface area is 118 Å². The highest BCUT2D eigenvalue weighted by Gasteiger charge is 2.42. The van der Waals surface area contributed by atoms with Gasteiger partial charge >= 0.3 is 0 Å². The first kappa shape index (κ1) is 16.9. The van der Waals surface area contributed by atoms with Crippen LogP contribution >= 0.6 is 0 Å². The van der Waals surface area contributed by atoms with Crippen molar-refractivity contribution >= 4 is 11.8 Å². The third-order valence-electron chi connectivity index (χ3n) is 3.59. The summed E-state index contributed by atoms with van der Waals surface area (Å²) in [6.07, 6.45) is 1.04. The molecule has 0 aliphatic heterocycles. The first-order chi connectivity index (χ1) is 9.17. The molecule has 0 aromatic heterocycles. The lowest BCUT2D eigenvalue weighted by molar-refractivity contribution is -0.139. The van der Waals surface area contributed by atoms with E-state index < -0.39 is 29.8 Å². The van der Waals surface area contributed by atoms with Crippen molar-refractivity contribution in [2.24, 2.45) is 5.41 Å². The van der Waals surface area contributed by atoms with Gasteiger partial charge in [0.15, 0.2) is 0 Å². The van der Waals surface area contributed by atoms with Gasteiger partial charge in [-0.3, -0.25) is 9.59 Å². The van der Waals surface area contributed by atoms with Crippen LogP contribution in [0.25, 0.3) is 0 Å². The molecule has 0 atom stereocenters. The number of amides is 2. The lowest BCUT2D eigenvalue weighted by atomic mass is 9.79. The molecule has 0 spiro atoms. The number of carbonyl (C=O) groups excluding carboxylic acids is 2. The first-order valence-electron chi connectivity index (χ1n) is 7.06. The fraction of sp³-hybridized carbons (Fsp3) is 0.857. The Morgan fingerprint density at radius 2 is 1.70 bits per heavy atom. The van der Waals surface area contributed by atoms with Crippen LogP contribution in [-0.4, -0.2) is 30.3 Å². The molecule has 0 radical (unpaired) electrons. The van der Waals surface area contributed by atoms with Crippen molar-refractivity contribution in [1.82, 2.24) is 10.6 Å². The second kappa shape index (κ2) is 6.50. The van der Waals surface area contributed by atoms with Gasteiger partial charge in [-0.05, 0) is 12.8 Å². The summed E-state index contributed by atoms with van der Waals surface area (Å²) in [5, 5.41) is 5.05. The van der Waals surface area contributed by atoms with Gasteiger partial charge in [0.2, 0.25) is 11.8 Å². The molecule has 20 heavy (non-hydrogen) atoms. The highest BCUT2D eigenvalue weighted by molar-refractivity contribution is 5.93. The molecule has 1 fully saturated rings. The monoisotopic (exact) mass is 290 g/mol. The maximum Gasteiger partial charge on any atom is 0.255 e. The van der Waals surface area contributed by atoms with Crippen LogP contribution in [0.1, 0.15) is 52.9 Å². The fourth-order valence-corrected chi connectivity index (χ4v) is 2.31. The summed E-state index contributed by atoms with van der Waals surface area (Å²) < 4.78 is 24.5. The van der Waals surface area contributed by atoms with E-state index in [1.807, 2.05) is 0 Å². The van der Waals surface area contributed by atoms with Crippen molar-refractivity contribution in [3.8, 4) is 0 Å². The molecule has 0 heterocycles. The molecule has 4 nitrogen and oxygen atoms in total.